The van der Waals surface area contributed by atoms with Gasteiger partial charge in [-0.25, -0.2) is 0 Å². The third kappa shape index (κ3) is 4.61. The predicted molar refractivity (Wildman–Crippen MR) is 89.1 cm³/mol. The molecule has 2 aromatic carbocycles. The Bertz CT molecular complexity index is 572. The second-order valence-corrected chi connectivity index (χ2v) is 5.67. The number of ether oxygens (including phenoxy) is 1. The summed E-state index contributed by atoms with van der Waals surface area (Å²) in [5, 5.41) is 3.50. The van der Waals surface area contributed by atoms with Crippen molar-refractivity contribution in [2.75, 3.05) is 6.54 Å². The molecule has 0 aliphatic rings. The van der Waals surface area contributed by atoms with Gasteiger partial charge in [0.25, 0.3) is 0 Å². The lowest BCUT2D eigenvalue weighted by Gasteiger charge is -2.15. The molecular formula is C19H25NO. The summed E-state index contributed by atoms with van der Waals surface area (Å²) in [6, 6.07) is 14.9. The van der Waals surface area contributed by atoms with Gasteiger partial charge < -0.3 is 10.1 Å². The highest BCUT2D eigenvalue weighted by atomic mass is 16.5. The minimum Gasteiger partial charge on any atom is -0.457 e. The maximum atomic E-state index is 6.01. The molecule has 0 aliphatic carbocycles. The number of hydrogen-bond acceptors (Lipinski definition) is 2. The Kier molecular flexibility index (Phi) is 5.40. The molecule has 0 bridgehead atoms. The Morgan fingerprint density at radius 2 is 1.71 bits per heavy atom. The van der Waals surface area contributed by atoms with E-state index in [2.05, 4.69) is 69.4 Å². The van der Waals surface area contributed by atoms with Gasteiger partial charge in [0.15, 0.2) is 0 Å². The van der Waals surface area contributed by atoms with Gasteiger partial charge in [-0.2, -0.15) is 0 Å². The zero-order valence-electron chi connectivity index (χ0n) is 13.4. The van der Waals surface area contributed by atoms with Crippen LogP contribution in [0, 0.1) is 13.8 Å². The van der Waals surface area contributed by atoms with Crippen molar-refractivity contribution in [3.63, 3.8) is 0 Å². The first kappa shape index (κ1) is 15.6. The van der Waals surface area contributed by atoms with Crippen LogP contribution in [-0.2, 0) is 0 Å². The number of benzene rings is 2. The number of aryl methyl sites for hydroxylation is 2. The van der Waals surface area contributed by atoms with Crippen LogP contribution >= 0.6 is 0 Å². The van der Waals surface area contributed by atoms with Gasteiger partial charge in [0.1, 0.15) is 11.5 Å². The van der Waals surface area contributed by atoms with E-state index < -0.39 is 0 Å². The van der Waals surface area contributed by atoms with Crippen molar-refractivity contribution in [2.24, 2.45) is 0 Å². The Morgan fingerprint density at radius 1 is 1.00 bits per heavy atom. The van der Waals surface area contributed by atoms with E-state index >= 15 is 0 Å². The fraction of sp³-hybridized carbons (Fsp3) is 0.368. The summed E-state index contributed by atoms with van der Waals surface area (Å²) < 4.78 is 6.01. The second kappa shape index (κ2) is 7.28. The van der Waals surface area contributed by atoms with Gasteiger partial charge in [0.2, 0.25) is 0 Å². The highest BCUT2D eigenvalue weighted by Gasteiger charge is 2.06. The monoisotopic (exact) mass is 283 g/mol. The summed E-state index contributed by atoms with van der Waals surface area (Å²) in [6.45, 7) is 9.58. The van der Waals surface area contributed by atoms with E-state index in [1.54, 1.807) is 0 Å². The average Bonchev–Trinajstić information content (AvgIpc) is 2.44. The van der Waals surface area contributed by atoms with Crippen LogP contribution < -0.4 is 10.1 Å². The molecule has 2 heteroatoms. The minimum atomic E-state index is 0.341. The standard InChI is InChI=1S/C19H25NO/c1-5-9-20-16(4)17-7-6-8-18(13-17)21-19-11-14(2)10-15(3)12-19/h6-8,10-13,16,20H,5,9H2,1-4H3. The summed E-state index contributed by atoms with van der Waals surface area (Å²) in [5.74, 6) is 1.79. The summed E-state index contributed by atoms with van der Waals surface area (Å²) in [5.41, 5.74) is 3.70. The summed E-state index contributed by atoms with van der Waals surface area (Å²) in [4.78, 5) is 0. The first-order valence-electron chi connectivity index (χ1n) is 7.68. The number of hydrogen-bond donors (Lipinski definition) is 1. The topological polar surface area (TPSA) is 21.3 Å². The molecule has 1 unspecified atom stereocenters. The van der Waals surface area contributed by atoms with Crippen LogP contribution in [-0.4, -0.2) is 6.54 Å². The average molecular weight is 283 g/mol. The molecule has 2 aromatic rings. The van der Waals surface area contributed by atoms with E-state index in [1.165, 1.54) is 16.7 Å². The maximum Gasteiger partial charge on any atom is 0.127 e. The lowest BCUT2D eigenvalue weighted by atomic mass is 10.1. The van der Waals surface area contributed by atoms with Crippen molar-refractivity contribution < 1.29 is 4.74 Å². The van der Waals surface area contributed by atoms with E-state index in [0.717, 1.165) is 24.5 Å². The van der Waals surface area contributed by atoms with Gasteiger partial charge in [-0.3, -0.25) is 0 Å². The van der Waals surface area contributed by atoms with E-state index in [-0.39, 0.29) is 0 Å². The van der Waals surface area contributed by atoms with E-state index in [4.69, 9.17) is 4.74 Å². The van der Waals surface area contributed by atoms with Crippen LogP contribution in [0.15, 0.2) is 42.5 Å². The molecule has 0 heterocycles. The van der Waals surface area contributed by atoms with E-state index in [1.807, 2.05) is 6.07 Å². The first-order valence-corrected chi connectivity index (χ1v) is 7.68. The fourth-order valence-corrected chi connectivity index (χ4v) is 2.45. The Labute approximate surface area is 128 Å². The van der Waals surface area contributed by atoms with Crippen LogP contribution in [0.4, 0.5) is 0 Å². The number of rotatable bonds is 6. The second-order valence-electron chi connectivity index (χ2n) is 5.67. The molecule has 0 saturated carbocycles. The molecule has 21 heavy (non-hydrogen) atoms. The largest absolute Gasteiger partial charge is 0.457 e. The van der Waals surface area contributed by atoms with Gasteiger partial charge in [0, 0.05) is 6.04 Å². The van der Waals surface area contributed by atoms with Crippen molar-refractivity contribution >= 4 is 0 Å². The molecule has 0 aromatic heterocycles. The summed E-state index contributed by atoms with van der Waals surface area (Å²) >= 11 is 0. The predicted octanol–water partition coefficient (Wildman–Crippen LogP) is 5.16. The van der Waals surface area contributed by atoms with Crippen LogP contribution in [0.1, 0.15) is 43.0 Å². The zero-order valence-corrected chi connectivity index (χ0v) is 13.4. The molecule has 2 rings (SSSR count). The van der Waals surface area contributed by atoms with E-state index in [0.29, 0.717) is 6.04 Å². The molecule has 112 valence electrons. The van der Waals surface area contributed by atoms with Crippen LogP contribution in [0.5, 0.6) is 11.5 Å². The zero-order chi connectivity index (χ0) is 15.2. The molecule has 0 radical (unpaired) electrons. The van der Waals surface area contributed by atoms with E-state index in [9.17, 15) is 0 Å². The first-order chi connectivity index (χ1) is 10.1. The lowest BCUT2D eigenvalue weighted by Crippen LogP contribution is -2.19. The van der Waals surface area contributed by atoms with Crippen molar-refractivity contribution in [1.29, 1.82) is 0 Å². The van der Waals surface area contributed by atoms with Crippen molar-refractivity contribution in [3.05, 3.63) is 59.2 Å². The SMILES string of the molecule is CCCNC(C)c1cccc(Oc2cc(C)cc(C)c2)c1. The molecule has 2 nitrogen and oxygen atoms in total. The van der Waals surface area contributed by atoms with Gasteiger partial charge in [-0.15, -0.1) is 0 Å². The van der Waals surface area contributed by atoms with Crippen molar-refractivity contribution in [1.82, 2.24) is 5.32 Å². The fourth-order valence-electron chi connectivity index (χ4n) is 2.45. The highest BCUT2D eigenvalue weighted by molar-refractivity contribution is 5.38. The molecule has 0 amide bonds. The lowest BCUT2D eigenvalue weighted by molar-refractivity contribution is 0.479. The quantitative estimate of drug-likeness (QED) is 0.791. The van der Waals surface area contributed by atoms with Gasteiger partial charge in [0.05, 0.1) is 0 Å². The molecule has 0 aliphatic heterocycles. The molecular weight excluding hydrogens is 258 g/mol. The Morgan fingerprint density at radius 3 is 2.38 bits per heavy atom. The Balaban J connectivity index is 2.13. The van der Waals surface area contributed by atoms with Crippen LogP contribution in [0.25, 0.3) is 0 Å². The Hall–Kier alpha value is -1.80. The molecule has 0 saturated heterocycles. The van der Waals surface area contributed by atoms with Crippen LogP contribution in [0.2, 0.25) is 0 Å². The van der Waals surface area contributed by atoms with Crippen molar-refractivity contribution in [2.45, 2.75) is 40.2 Å². The molecule has 0 fully saturated rings. The normalized spacial score (nSPS) is 12.2. The minimum absolute atomic E-state index is 0.341. The van der Waals surface area contributed by atoms with Gasteiger partial charge in [-0.1, -0.05) is 25.1 Å². The molecule has 0 spiro atoms. The van der Waals surface area contributed by atoms with Gasteiger partial charge in [-0.05, 0) is 74.7 Å². The third-order valence-corrected chi connectivity index (χ3v) is 3.49. The van der Waals surface area contributed by atoms with Crippen molar-refractivity contribution in [3.8, 4) is 11.5 Å². The summed E-state index contributed by atoms with van der Waals surface area (Å²) in [6.07, 6.45) is 1.14. The van der Waals surface area contributed by atoms with Gasteiger partial charge >= 0.3 is 0 Å². The maximum absolute atomic E-state index is 6.01. The smallest absolute Gasteiger partial charge is 0.127 e. The molecule has 1 atom stereocenters. The molecule has 1 N–H and O–H groups in total. The highest BCUT2D eigenvalue weighted by Crippen LogP contribution is 2.26. The summed E-state index contributed by atoms with van der Waals surface area (Å²) in [7, 11) is 0. The number of nitrogens with one attached hydrogen (secondary N) is 1. The third-order valence-electron chi connectivity index (χ3n) is 3.49. The van der Waals surface area contributed by atoms with Crippen LogP contribution in [0.3, 0.4) is 0 Å².